The highest BCUT2D eigenvalue weighted by Crippen LogP contribution is 2.37. The minimum absolute atomic E-state index is 0.179. The molecule has 0 aliphatic carbocycles. The normalized spacial score (nSPS) is 21.3. The zero-order chi connectivity index (χ0) is 17.4. The zero-order valence-corrected chi connectivity index (χ0v) is 13.5. The summed E-state index contributed by atoms with van der Waals surface area (Å²) in [5.74, 6) is -5.14. The standard InChI is InChI=1S/C13H13BrF3N3O3/c1-6-9(14)2-3-10(18-6)19-12(23)20-4-7(11(21)22)8(5-20)13(15,16)17/h2-3,7-8H,4-5H2,1H3,(H,21,22)(H,18,19,23)/t7-,8-/m1/s1. The molecule has 6 nitrogen and oxygen atoms in total. The first-order valence-electron chi connectivity index (χ1n) is 6.58. The maximum absolute atomic E-state index is 12.9. The van der Waals surface area contributed by atoms with Crippen molar-refractivity contribution in [2.45, 2.75) is 13.1 Å². The molecule has 1 fully saturated rings. The van der Waals surface area contributed by atoms with Gasteiger partial charge in [0.15, 0.2) is 0 Å². The average molecular weight is 396 g/mol. The predicted molar refractivity (Wildman–Crippen MR) is 77.9 cm³/mol. The molecule has 2 atom stereocenters. The van der Waals surface area contributed by atoms with Gasteiger partial charge in [-0.3, -0.25) is 10.1 Å². The van der Waals surface area contributed by atoms with Crippen molar-refractivity contribution in [3.8, 4) is 0 Å². The molecule has 1 aromatic rings. The van der Waals surface area contributed by atoms with E-state index in [9.17, 15) is 22.8 Å². The van der Waals surface area contributed by atoms with Gasteiger partial charge < -0.3 is 10.0 Å². The smallest absolute Gasteiger partial charge is 0.394 e. The van der Waals surface area contributed by atoms with Gasteiger partial charge in [-0.2, -0.15) is 13.2 Å². The Kier molecular flexibility index (Phi) is 4.83. The summed E-state index contributed by atoms with van der Waals surface area (Å²) in [5, 5.41) is 11.3. The Morgan fingerprint density at radius 3 is 2.52 bits per heavy atom. The van der Waals surface area contributed by atoms with Crippen molar-refractivity contribution >= 4 is 33.7 Å². The predicted octanol–water partition coefficient (Wildman–Crippen LogP) is 2.88. The van der Waals surface area contributed by atoms with E-state index < -0.39 is 43.1 Å². The molecule has 0 radical (unpaired) electrons. The fourth-order valence-electron chi connectivity index (χ4n) is 2.35. The summed E-state index contributed by atoms with van der Waals surface area (Å²) in [7, 11) is 0. The SMILES string of the molecule is Cc1nc(NC(=O)N2C[C@@H](C(F)(F)F)[C@H](C(=O)O)C2)ccc1Br. The topological polar surface area (TPSA) is 82.5 Å². The number of nitrogens with one attached hydrogen (secondary N) is 1. The van der Waals surface area contributed by atoms with Gasteiger partial charge in [0, 0.05) is 17.6 Å². The number of nitrogens with zero attached hydrogens (tertiary/aromatic N) is 2. The van der Waals surface area contributed by atoms with E-state index >= 15 is 0 Å². The minimum Gasteiger partial charge on any atom is -0.481 e. The van der Waals surface area contributed by atoms with Crippen LogP contribution in [0.5, 0.6) is 0 Å². The molecule has 1 aliphatic rings. The second-order valence-electron chi connectivity index (χ2n) is 5.19. The zero-order valence-electron chi connectivity index (χ0n) is 11.9. The van der Waals surface area contributed by atoms with E-state index in [2.05, 4.69) is 26.2 Å². The minimum atomic E-state index is -4.68. The van der Waals surface area contributed by atoms with Gasteiger partial charge in [0.25, 0.3) is 0 Å². The number of hydrogen-bond acceptors (Lipinski definition) is 3. The molecule has 2 amide bonds. The first-order valence-corrected chi connectivity index (χ1v) is 7.37. The van der Waals surface area contributed by atoms with Crippen LogP contribution in [0, 0.1) is 18.8 Å². The molecule has 2 N–H and O–H groups in total. The lowest BCUT2D eigenvalue weighted by atomic mass is 9.96. The quantitative estimate of drug-likeness (QED) is 0.806. The summed E-state index contributed by atoms with van der Waals surface area (Å²) >= 11 is 3.24. The second-order valence-corrected chi connectivity index (χ2v) is 6.05. The number of rotatable bonds is 2. The van der Waals surface area contributed by atoms with Crippen LogP contribution in [-0.4, -0.2) is 46.3 Å². The molecular weight excluding hydrogens is 383 g/mol. The number of carboxylic acid groups (broad SMARTS) is 1. The van der Waals surface area contributed by atoms with E-state index in [-0.39, 0.29) is 5.82 Å². The van der Waals surface area contributed by atoms with Gasteiger partial charge >= 0.3 is 18.2 Å². The number of carbonyl (C=O) groups excluding carboxylic acids is 1. The molecule has 0 spiro atoms. The molecule has 1 saturated heterocycles. The lowest BCUT2D eigenvalue weighted by Gasteiger charge is -2.18. The third kappa shape index (κ3) is 3.92. The summed E-state index contributed by atoms with van der Waals surface area (Å²) in [6.07, 6.45) is -4.68. The number of aryl methyl sites for hydroxylation is 1. The van der Waals surface area contributed by atoms with E-state index in [0.29, 0.717) is 5.69 Å². The number of amides is 2. The van der Waals surface area contributed by atoms with Crippen LogP contribution in [0.4, 0.5) is 23.8 Å². The Bertz CT molecular complexity index is 639. The summed E-state index contributed by atoms with van der Waals surface area (Å²) in [5.41, 5.74) is 0.598. The second kappa shape index (κ2) is 6.34. The largest absolute Gasteiger partial charge is 0.481 e. The number of halogens is 4. The number of aromatic nitrogens is 1. The average Bonchev–Trinajstić information content (AvgIpc) is 2.88. The van der Waals surface area contributed by atoms with Crippen LogP contribution in [0.15, 0.2) is 16.6 Å². The molecule has 1 aromatic heterocycles. The fraction of sp³-hybridized carbons (Fsp3) is 0.462. The number of urea groups is 1. The Morgan fingerprint density at radius 2 is 2.04 bits per heavy atom. The molecule has 2 heterocycles. The van der Waals surface area contributed by atoms with E-state index in [1.54, 1.807) is 13.0 Å². The van der Waals surface area contributed by atoms with Crippen molar-refractivity contribution < 1.29 is 27.9 Å². The van der Waals surface area contributed by atoms with Crippen LogP contribution in [0.1, 0.15) is 5.69 Å². The Balaban J connectivity index is 2.11. The Morgan fingerprint density at radius 1 is 1.39 bits per heavy atom. The highest BCUT2D eigenvalue weighted by atomic mass is 79.9. The maximum atomic E-state index is 12.9. The third-order valence-electron chi connectivity index (χ3n) is 3.60. The molecule has 10 heteroatoms. The summed E-state index contributed by atoms with van der Waals surface area (Å²) in [6.45, 7) is 0.498. The molecule has 23 heavy (non-hydrogen) atoms. The van der Waals surface area contributed by atoms with Crippen LogP contribution in [0.25, 0.3) is 0 Å². The third-order valence-corrected chi connectivity index (χ3v) is 4.44. The molecule has 126 valence electrons. The van der Waals surface area contributed by atoms with E-state index in [0.717, 1.165) is 9.37 Å². The van der Waals surface area contributed by atoms with Crippen molar-refractivity contribution in [2.24, 2.45) is 11.8 Å². The lowest BCUT2D eigenvalue weighted by Crippen LogP contribution is -2.35. The van der Waals surface area contributed by atoms with Crippen molar-refractivity contribution in [3.63, 3.8) is 0 Å². The van der Waals surface area contributed by atoms with Gasteiger partial charge in [0.05, 0.1) is 17.5 Å². The molecule has 0 bridgehead atoms. The molecular formula is C13H13BrF3N3O3. The van der Waals surface area contributed by atoms with Crippen LogP contribution in [0.3, 0.4) is 0 Å². The monoisotopic (exact) mass is 395 g/mol. The molecule has 0 saturated carbocycles. The Hall–Kier alpha value is -1.84. The number of anilines is 1. The van der Waals surface area contributed by atoms with Crippen LogP contribution in [-0.2, 0) is 4.79 Å². The van der Waals surface area contributed by atoms with Crippen LogP contribution < -0.4 is 5.32 Å². The van der Waals surface area contributed by atoms with Crippen LogP contribution >= 0.6 is 15.9 Å². The Labute approximate surface area is 137 Å². The van der Waals surface area contributed by atoms with Gasteiger partial charge in [-0.05, 0) is 35.0 Å². The van der Waals surface area contributed by atoms with E-state index in [1.165, 1.54) is 6.07 Å². The van der Waals surface area contributed by atoms with Gasteiger partial charge in [0.2, 0.25) is 0 Å². The van der Waals surface area contributed by atoms with Crippen molar-refractivity contribution in [1.82, 2.24) is 9.88 Å². The summed E-state index contributed by atoms with van der Waals surface area (Å²) in [6, 6.07) is 2.32. The van der Waals surface area contributed by atoms with Crippen molar-refractivity contribution in [2.75, 3.05) is 18.4 Å². The van der Waals surface area contributed by atoms with Gasteiger partial charge in [-0.1, -0.05) is 0 Å². The summed E-state index contributed by atoms with van der Waals surface area (Å²) < 4.78 is 39.4. The summed E-state index contributed by atoms with van der Waals surface area (Å²) in [4.78, 5) is 28.0. The highest BCUT2D eigenvalue weighted by molar-refractivity contribution is 9.10. The number of aliphatic carboxylic acids is 1. The van der Waals surface area contributed by atoms with Crippen LogP contribution in [0.2, 0.25) is 0 Å². The number of carboxylic acids is 1. The molecule has 1 aliphatic heterocycles. The number of carbonyl (C=O) groups is 2. The van der Waals surface area contributed by atoms with Gasteiger partial charge in [0.1, 0.15) is 5.82 Å². The van der Waals surface area contributed by atoms with Crippen molar-refractivity contribution in [3.05, 3.63) is 22.3 Å². The fourth-order valence-corrected chi connectivity index (χ4v) is 2.57. The highest BCUT2D eigenvalue weighted by Gasteiger charge is 2.53. The van der Waals surface area contributed by atoms with E-state index in [4.69, 9.17) is 5.11 Å². The number of likely N-dealkylation sites (tertiary alicyclic amines) is 1. The number of pyridine rings is 1. The lowest BCUT2D eigenvalue weighted by molar-refractivity contribution is -0.187. The van der Waals surface area contributed by atoms with E-state index in [1.807, 2.05) is 0 Å². The van der Waals surface area contributed by atoms with Gasteiger partial charge in [-0.25, -0.2) is 9.78 Å². The first-order chi connectivity index (χ1) is 10.6. The number of alkyl halides is 3. The molecule has 0 unspecified atom stereocenters. The first kappa shape index (κ1) is 17.5. The van der Waals surface area contributed by atoms with Gasteiger partial charge in [-0.15, -0.1) is 0 Å². The molecule has 0 aromatic carbocycles. The molecule has 2 rings (SSSR count). The number of hydrogen-bond donors (Lipinski definition) is 2. The van der Waals surface area contributed by atoms with Crippen molar-refractivity contribution in [1.29, 1.82) is 0 Å². The maximum Gasteiger partial charge on any atom is 0.394 e.